The van der Waals surface area contributed by atoms with E-state index in [1.807, 2.05) is 48.5 Å². The van der Waals surface area contributed by atoms with E-state index < -0.39 is 0 Å². The third-order valence-corrected chi connectivity index (χ3v) is 9.23. The van der Waals surface area contributed by atoms with Crippen LogP contribution in [0, 0.1) is 0 Å². The lowest BCUT2D eigenvalue weighted by atomic mass is 9.90. The molecule has 0 spiro atoms. The van der Waals surface area contributed by atoms with Crippen LogP contribution in [0.1, 0.15) is 45.0 Å². The van der Waals surface area contributed by atoms with Crippen molar-refractivity contribution in [2.24, 2.45) is 0 Å². The Morgan fingerprint density at radius 2 is 1.12 bits per heavy atom. The molecule has 2 atom stereocenters. The van der Waals surface area contributed by atoms with Crippen LogP contribution in [0.15, 0.2) is 48.5 Å². The fourth-order valence-corrected chi connectivity index (χ4v) is 7.10. The lowest BCUT2D eigenvalue weighted by Crippen LogP contribution is -2.53. The maximum absolute atomic E-state index is 13.1. The predicted molar refractivity (Wildman–Crippen MR) is 135 cm³/mol. The third kappa shape index (κ3) is 4.01. The summed E-state index contributed by atoms with van der Waals surface area (Å²) in [6, 6.07) is 15.1. The van der Waals surface area contributed by atoms with Gasteiger partial charge in [-0.05, 0) is 25.0 Å². The van der Waals surface area contributed by atoms with Crippen molar-refractivity contribution >= 4 is 77.9 Å². The molecule has 0 aliphatic heterocycles. The molecule has 2 aromatic carbocycles. The SMILES string of the molecule is O=C(N[C@@H]1CCCC[C@H]1NC(=O)c1sc2ccccc2c1Cl)c1sc2ccccc2c1Cl. The molecule has 32 heavy (non-hydrogen) atoms. The van der Waals surface area contributed by atoms with E-state index in [4.69, 9.17) is 23.2 Å². The highest BCUT2D eigenvalue weighted by atomic mass is 35.5. The summed E-state index contributed by atoms with van der Waals surface area (Å²) in [4.78, 5) is 27.1. The number of fused-ring (bicyclic) bond motifs is 2. The molecule has 2 N–H and O–H groups in total. The van der Waals surface area contributed by atoms with E-state index in [9.17, 15) is 9.59 Å². The molecule has 0 saturated heterocycles. The molecule has 1 saturated carbocycles. The molecule has 1 aliphatic carbocycles. The summed E-state index contributed by atoms with van der Waals surface area (Å²) in [7, 11) is 0. The zero-order valence-corrected chi connectivity index (χ0v) is 20.1. The van der Waals surface area contributed by atoms with Gasteiger partial charge in [0.2, 0.25) is 0 Å². The van der Waals surface area contributed by atoms with E-state index >= 15 is 0 Å². The predicted octanol–water partition coefficient (Wildman–Crippen LogP) is 6.89. The molecule has 4 nitrogen and oxygen atoms in total. The molecule has 2 heterocycles. The lowest BCUT2D eigenvalue weighted by molar-refractivity contribution is 0.0867. The number of halogens is 2. The molecular formula is C24H20Cl2N2O2S2. The number of carbonyl (C=O) groups is 2. The van der Waals surface area contributed by atoms with Crippen LogP contribution in [0.5, 0.6) is 0 Å². The number of nitrogens with one attached hydrogen (secondary N) is 2. The maximum Gasteiger partial charge on any atom is 0.263 e. The van der Waals surface area contributed by atoms with Crippen LogP contribution in [0.4, 0.5) is 0 Å². The first-order valence-corrected chi connectivity index (χ1v) is 12.9. The zero-order valence-electron chi connectivity index (χ0n) is 17.0. The fourth-order valence-electron chi connectivity index (χ4n) is 4.26. The molecule has 5 rings (SSSR count). The fraction of sp³-hybridized carbons (Fsp3) is 0.250. The van der Waals surface area contributed by atoms with Crippen molar-refractivity contribution in [1.29, 1.82) is 0 Å². The molecule has 2 amide bonds. The Hall–Kier alpha value is -2.12. The molecule has 8 heteroatoms. The van der Waals surface area contributed by atoms with Gasteiger partial charge in [-0.2, -0.15) is 0 Å². The molecule has 164 valence electrons. The summed E-state index contributed by atoms with van der Waals surface area (Å²) in [5.74, 6) is -0.385. The molecule has 0 radical (unpaired) electrons. The van der Waals surface area contributed by atoms with Gasteiger partial charge in [-0.25, -0.2) is 0 Å². The normalized spacial score (nSPS) is 18.7. The molecule has 1 aliphatic rings. The van der Waals surface area contributed by atoms with Gasteiger partial charge in [0, 0.05) is 32.3 Å². The number of hydrogen-bond acceptors (Lipinski definition) is 4. The van der Waals surface area contributed by atoms with Gasteiger partial charge in [0.25, 0.3) is 11.8 Å². The van der Waals surface area contributed by atoms with Crippen molar-refractivity contribution in [3.05, 3.63) is 68.3 Å². The molecule has 2 aromatic heterocycles. The van der Waals surface area contributed by atoms with Crippen LogP contribution in [-0.2, 0) is 0 Å². The Labute approximate surface area is 203 Å². The van der Waals surface area contributed by atoms with Crippen LogP contribution in [0.3, 0.4) is 0 Å². The summed E-state index contributed by atoms with van der Waals surface area (Å²) in [6.07, 6.45) is 3.61. The first kappa shape index (κ1) is 21.7. The van der Waals surface area contributed by atoms with Crippen molar-refractivity contribution in [3.63, 3.8) is 0 Å². The molecular weight excluding hydrogens is 483 g/mol. The van der Waals surface area contributed by atoms with Crippen molar-refractivity contribution in [3.8, 4) is 0 Å². The Morgan fingerprint density at radius 3 is 1.53 bits per heavy atom. The largest absolute Gasteiger partial charge is 0.346 e. The van der Waals surface area contributed by atoms with Gasteiger partial charge in [0.1, 0.15) is 9.75 Å². The van der Waals surface area contributed by atoms with Crippen molar-refractivity contribution in [1.82, 2.24) is 10.6 Å². The summed E-state index contributed by atoms with van der Waals surface area (Å²) in [5, 5.41) is 8.99. The van der Waals surface area contributed by atoms with Crippen LogP contribution in [0.25, 0.3) is 20.2 Å². The molecule has 4 aromatic rings. The highest BCUT2D eigenvalue weighted by Gasteiger charge is 2.30. The Morgan fingerprint density at radius 1 is 0.719 bits per heavy atom. The third-order valence-electron chi connectivity index (χ3n) is 5.88. The number of hydrogen-bond donors (Lipinski definition) is 2. The number of benzene rings is 2. The second-order valence-electron chi connectivity index (χ2n) is 7.93. The zero-order chi connectivity index (χ0) is 22.2. The van der Waals surface area contributed by atoms with Crippen molar-refractivity contribution < 1.29 is 9.59 Å². The topological polar surface area (TPSA) is 58.2 Å². The number of carbonyl (C=O) groups excluding carboxylic acids is 2. The highest BCUT2D eigenvalue weighted by molar-refractivity contribution is 7.22. The number of rotatable bonds is 4. The number of amides is 2. The van der Waals surface area contributed by atoms with Gasteiger partial charge in [-0.15, -0.1) is 22.7 Å². The first-order valence-electron chi connectivity index (χ1n) is 10.5. The van der Waals surface area contributed by atoms with Crippen LogP contribution in [0.2, 0.25) is 10.0 Å². The Balaban J connectivity index is 1.34. The van der Waals surface area contributed by atoms with Crippen LogP contribution >= 0.6 is 45.9 Å². The summed E-state index contributed by atoms with van der Waals surface area (Å²) < 4.78 is 1.96. The smallest absolute Gasteiger partial charge is 0.263 e. The maximum atomic E-state index is 13.1. The number of thiophene rings is 2. The van der Waals surface area contributed by atoms with E-state index in [0.29, 0.717) is 19.8 Å². The van der Waals surface area contributed by atoms with Gasteiger partial charge in [0.05, 0.1) is 10.0 Å². The van der Waals surface area contributed by atoms with Gasteiger partial charge in [-0.3, -0.25) is 9.59 Å². The molecule has 1 fully saturated rings. The van der Waals surface area contributed by atoms with E-state index in [2.05, 4.69) is 10.6 Å². The van der Waals surface area contributed by atoms with Gasteiger partial charge in [-0.1, -0.05) is 72.4 Å². The minimum atomic E-state index is -0.192. The van der Waals surface area contributed by atoms with E-state index in [0.717, 1.165) is 45.9 Å². The average molecular weight is 503 g/mol. The monoisotopic (exact) mass is 502 g/mol. The highest BCUT2D eigenvalue weighted by Crippen LogP contribution is 2.36. The van der Waals surface area contributed by atoms with Crippen molar-refractivity contribution in [2.75, 3.05) is 0 Å². The molecule has 0 bridgehead atoms. The van der Waals surface area contributed by atoms with Crippen LogP contribution in [-0.4, -0.2) is 23.9 Å². The van der Waals surface area contributed by atoms with E-state index in [-0.39, 0.29) is 23.9 Å². The summed E-state index contributed by atoms with van der Waals surface area (Å²) in [5.41, 5.74) is 0. The van der Waals surface area contributed by atoms with Crippen LogP contribution < -0.4 is 10.6 Å². The minimum Gasteiger partial charge on any atom is -0.346 e. The Kier molecular flexibility index (Phi) is 6.12. The van der Waals surface area contributed by atoms with E-state index in [1.54, 1.807) is 0 Å². The van der Waals surface area contributed by atoms with Gasteiger partial charge in [0.15, 0.2) is 0 Å². The first-order chi connectivity index (χ1) is 15.5. The average Bonchev–Trinajstić information content (AvgIpc) is 3.33. The quantitative estimate of drug-likeness (QED) is 0.319. The Bertz CT molecular complexity index is 1230. The summed E-state index contributed by atoms with van der Waals surface area (Å²) in [6.45, 7) is 0. The van der Waals surface area contributed by atoms with E-state index in [1.165, 1.54) is 22.7 Å². The second-order valence-corrected chi connectivity index (χ2v) is 10.8. The van der Waals surface area contributed by atoms with Crippen molar-refractivity contribution in [2.45, 2.75) is 37.8 Å². The second kappa shape index (κ2) is 9.02. The minimum absolute atomic E-state index is 0.158. The summed E-state index contributed by atoms with van der Waals surface area (Å²) >= 11 is 15.8. The molecule has 0 unspecified atom stereocenters. The lowest BCUT2D eigenvalue weighted by Gasteiger charge is -2.32. The van der Waals surface area contributed by atoms with Gasteiger partial charge >= 0.3 is 0 Å². The van der Waals surface area contributed by atoms with Gasteiger partial charge < -0.3 is 10.6 Å². The standard InChI is InChI=1S/C24H20Cl2N2O2S2/c25-19-13-7-1-5-11-17(13)31-21(19)23(29)27-15-9-3-4-10-16(15)28-24(30)22-20(26)14-8-2-6-12-18(14)32-22/h1-2,5-8,11-12,15-16H,3-4,9-10H2,(H,27,29)(H,28,30)/t15-,16-/m1/s1.